The van der Waals surface area contributed by atoms with Crippen molar-refractivity contribution >= 4 is 17.3 Å². The lowest BCUT2D eigenvalue weighted by Gasteiger charge is -1.90. The standard InChI is InChI=1S/C8H5NO3S/c10-8(11)5-4-12-9-7(5)6-2-1-3-13-6/h1-4H,(H,10,11). The molecule has 0 aromatic carbocycles. The molecule has 2 rings (SSSR count). The molecule has 5 heteroatoms. The van der Waals surface area contributed by atoms with Crippen LogP contribution in [0.15, 0.2) is 28.3 Å². The average molecular weight is 195 g/mol. The van der Waals surface area contributed by atoms with E-state index < -0.39 is 5.97 Å². The van der Waals surface area contributed by atoms with Crippen molar-refractivity contribution in [2.24, 2.45) is 0 Å². The molecule has 13 heavy (non-hydrogen) atoms. The zero-order valence-electron chi connectivity index (χ0n) is 6.43. The first kappa shape index (κ1) is 8.00. The molecule has 0 amide bonds. The molecule has 0 bridgehead atoms. The van der Waals surface area contributed by atoms with Crippen molar-refractivity contribution in [1.29, 1.82) is 0 Å². The van der Waals surface area contributed by atoms with Crippen molar-refractivity contribution in [2.75, 3.05) is 0 Å². The van der Waals surface area contributed by atoms with Gasteiger partial charge in [0.2, 0.25) is 0 Å². The third-order valence-electron chi connectivity index (χ3n) is 1.55. The number of thiophene rings is 1. The van der Waals surface area contributed by atoms with E-state index in [1.807, 2.05) is 11.4 Å². The van der Waals surface area contributed by atoms with E-state index in [4.69, 9.17) is 5.11 Å². The summed E-state index contributed by atoms with van der Waals surface area (Å²) in [6, 6.07) is 3.63. The Bertz CT molecular complexity index is 418. The minimum absolute atomic E-state index is 0.0995. The van der Waals surface area contributed by atoms with Gasteiger partial charge in [0.1, 0.15) is 17.5 Å². The van der Waals surface area contributed by atoms with Crippen LogP contribution in [0, 0.1) is 0 Å². The van der Waals surface area contributed by atoms with Gasteiger partial charge in [-0.15, -0.1) is 11.3 Å². The highest BCUT2D eigenvalue weighted by Gasteiger charge is 2.16. The minimum atomic E-state index is -1.02. The van der Waals surface area contributed by atoms with Crippen LogP contribution in [0.1, 0.15) is 10.4 Å². The number of carboxylic acid groups (broad SMARTS) is 1. The SMILES string of the molecule is O=C(O)c1conc1-c1cccs1. The number of carbonyl (C=O) groups is 1. The highest BCUT2D eigenvalue weighted by molar-refractivity contribution is 7.13. The molecule has 0 unspecified atom stereocenters. The van der Waals surface area contributed by atoms with E-state index in [9.17, 15) is 4.79 Å². The zero-order valence-corrected chi connectivity index (χ0v) is 7.25. The molecule has 2 aromatic heterocycles. The van der Waals surface area contributed by atoms with E-state index in [-0.39, 0.29) is 5.56 Å². The third kappa shape index (κ3) is 1.33. The van der Waals surface area contributed by atoms with Crippen molar-refractivity contribution in [1.82, 2.24) is 5.16 Å². The number of hydrogen-bond acceptors (Lipinski definition) is 4. The van der Waals surface area contributed by atoms with Crippen LogP contribution in [0.25, 0.3) is 10.6 Å². The molecule has 0 aliphatic heterocycles. The molecule has 0 saturated heterocycles. The molecule has 0 aliphatic rings. The second-order valence-corrected chi connectivity index (χ2v) is 3.31. The average Bonchev–Trinajstić information content (AvgIpc) is 2.74. The molecule has 2 aromatic rings. The number of carboxylic acids is 1. The van der Waals surface area contributed by atoms with Crippen LogP contribution >= 0.6 is 11.3 Å². The summed E-state index contributed by atoms with van der Waals surface area (Å²) in [6.07, 6.45) is 1.14. The Morgan fingerprint density at radius 1 is 1.62 bits per heavy atom. The Hall–Kier alpha value is -1.62. The van der Waals surface area contributed by atoms with Gasteiger partial charge in [-0.25, -0.2) is 4.79 Å². The molecule has 0 saturated carbocycles. The van der Waals surface area contributed by atoms with Gasteiger partial charge in [-0.1, -0.05) is 11.2 Å². The van der Waals surface area contributed by atoms with Crippen LogP contribution < -0.4 is 0 Å². The van der Waals surface area contributed by atoms with Crippen molar-refractivity contribution in [3.8, 4) is 10.6 Å². The second kappa shape index (κ2) is 3.02. The fourth-order valence-electron chi connectivity index (χ4n) is 0.979. The first-order chi connectivity index (χ1) is 6.29. The van der Waals surface area contributed by atoms with E-state index in [0.717, 1.165) is 11.1 Å². The Morgan fingerprint density at radius 2 is 2.46 bits per heavy atom. The maximum Gasteiger partial charge on any atom is 0.341 e. The number of hydrogen-bond donors (Lipinski definition) is 1. The number of aromatic carboxylic acids is 1. The summed E-state index contributed by atoms with van der Waals surface area (Å²) in [5.74, 6) is -1.02. The first-order valence-corrected chi connectivity index (χ1v) is 4.38. The van der Waals surface area contributed by atoms with Crippen molar-refractivity contribution in [2.45, 2.75) is 0 Å². The second-order valence-electron chi connectivity index (χ2n) is 2.36. The van der Waals surface area contributed by atoms with Gasteiger partial charge in [-0.2, -0.15) is 0 Å². The molecule has 0 spiro atoms. The molecule has 66 valence electrons. The largest absolute Gasteiger partial charge is 0.477 e. The molecule has 1 N–H and O–H groups in total. The normalized spacial score (nSPS) is 10.2. The van der Waals surface area contributed by atoms with Gasteiger partial charge in [0.15, 0.2) is 0 Å². The predicted octanol–water partition coefficient (Wildman–Crippen LogP) is 2.10. The van der Waals surface area contributed by atoms with Crippen LogP contribution in [0.4, 0.5) is 0 Å². The number of aromatic nitrogens is 1. The first-order valence-electron chi connectivity index (χ1n) is 3.50. The Balaban J connectivity index is 2.52. The van der Waals surface area contributed by atoms with Crippen molar-refractivity contribution < 1.29 is 14.4 Å². The smallest absolute Gasteiger partial charge is 0.341 e. The summed E-state index contributed by atoms with van der Waals surface area (Å²) in [6.45, 7) is 0. The summed E-state index contributed by atoms with van der Waals surface area (Å²) in [4.78, 5) is 11.5. The highest BCUT2D eigenvalue weighted by atomic mass is 32.1. The van der Waals surface area contributed by atoms with E-state index in [2.05, 4.69) is 9.68 Å². The lowest BCUT2D eigenvalue weighted by Crippen LogP contribution is -1.95. The molecule has 0 aliphatic carbocycles. The third-order valence-corrected chi connectivity index (χ3v) is 2.43. The van der Waals surface area contributed by atoms with Gasteiger partial charge in [-0.3, -0.25) is 0 Å². The monoisotopic (exact) mass is 195 g/mol. The van der Waals surface area contributed by atoms with E-state index in [0.29, 0.717) is 5.69 Å². The quantitative estimate of drug-likeness (QED) is 0.797. The van der Waals surface area contributed by atoms with Gasteiger partial charge in [-0.05, 0) is 11.4 Å². The van der Waals surface area contributed by atoms with Gasteiger partial charge in [0.05, 0.1) is 4.88 Å². The maximum atomic E-state index is 10.7. The molecule has 0 fully saturated rings. The lowest BCUT2D eigenvalue weighted by molar-refractivity contribution is 0.0697. The maximum absolute atomic E-state index is 10.7. The Kier molecular flexibility index (Phi) is 1.86. The summed E-state index contributed by atoms with van der Waals surface area (Å²) >= 11 is 1.43. The molecule has 4 nitrogen and oxygen atoms in total. The van der Waals surface area contributed by atoms with Crippen molar-refractivity contribution in [3.05, 3.63) is 29.3 Å². The predicted molar refractivity (Wildman–Crippen MR) is 46.8 cm³/mol. The summed E-state index contributed by atoms with van der Waals surface area (Å²) < 4.78 is 4.61. The van der Waals surface area contributed by atoms with Crippen LogP contribution in [0.5, 0.6) is 0 Å². The van der Waals surface area contributed by atoms with Gasteiger partial charge in [0.25, 0.3) is 0 Å². The van der Waals surface area contributed by atoms with Gasteiger partial charge in [0, 0.05) is 0 Å². The van der Waals surface area contributed by atoms with Crippen molar-refractivity contribution in [3.63, 3.8) is 0 Å². The fraction of sp³-hybridized carbons (Fsp3) is 0. The van der Waals surface area contributed by atoms with Gasteiger partial charge >= 0.3 is 5.97 Å². The summed E-state index contributed by atoms with van der Waals surface area (Å²) in [5.41, 5.74) is 0.491. The Morgan fingerprint density at radius 3 is 3.08 bits per heavy atom. The Labute approximate surface area is 77.4 Å². The summed E-state index contributed by atoms with van der Waals surface area (Å²) in [5, 5.41) is 14.2. The van der Waals surface area contributed by atoms with E-state index in [1.165, 1.54) is 11.3 Å². The molecular weight excluding hydrogens is 190 g/mol. The summed E-state index contributed by atoms with van der Waals surface area (Å²) in [7, 11) is 0. The molecule has 0 atom stereocenters. The molecular formula is C8H5NO3S. The molecule has 0 radical (unpaired) electrons. The number of nitrogens with zero attached hydrogens (tertiary/aromatic N) is 1. The van der Waals surface area contributed by atoms with Crippen LogP contribution in [0.3, 0.4) is 0 Å². The van der Waals surface area contributed by atoms with E-state index >= 15 is 0 Å². The lowest BCUT2D eigenvalue weighted by atomic mass is 10.2. The zero-order chi connectivity index (χ0) is 9.26. The highest BCUT2D eigenvalue weighted by Crippen LogP contribution is 2.26. The van der Waals surface area contributed by atoms with Crippen LogP contribution in [-0.4, -0.2) is 16.2 Å². The topological polar surface area (TPSA) is 63.3 Å². The minimum Gasteiger partial charge on any atom is -0.477 e. The van der Waals surface area contributed by atoms with Crippen LogP contribution in [-0.2, 0) is 0 Å². The molecule has 2 heterocycles. The fourth-order valence-corrected chi connectivity index (χ4v) is 1.70. The van der Waals surface area contributed by atoms with E-state index in [1.54, 1.807) is 6.07 Å². The number of rotatable bonds is 2. The van der Waals surface area contributed by atoms with Gasteiger partial charge < -0.3 is 9.63 Å². The van der Waals surface area contributed by atoms with Crippen LogP contribution in [0.2, 0.25) is 0 Å².